The van der Waals surface area contributed by atoms with E-state index in [2.05, 4.69) is 6.92 Å². The Bertz CT molecular complexity index is 740. The molecule has 6 heteroatoms. The molecule has 0 radical (unpaired) electrons. The molecule has 1 aliphatic rings. The second-order valence-corrected chi connectivity index (χ2v) is 7.15. The molecule has 28 heavy (non-hydrogen) atoms. The summed E-state index contributed by atoms with van der Waals surface area (Å²) in [5.74, 6) is -1.52. The Balaban J connectivity index is 2.55. The van der Waals surface area contributed by atoms with E-state index in [1.54, 1.807) is 6.08 Å². The van der Waals surface area contributed by atoms with Crippen LogP contribution in [0.15, 0.2) is 23.8 Å². The second-order valence-electron chi connectivity index (χ2n) is 7.15. The smallest absolute Gasteiger partial charge is 0.331 e. The number of aryl methyl sites for hydroxylation is 1. The number of hydrogen-bond acceptors (Lipinski definition) is 5. The van der Waals surface area contributed by atoms with Gasteiger partial charge in [0.05, 0.1) is 0 Å². The Labute approximate surface area is 165 Å². The van der Waals surface area contributed by atoms with Crippen molar-refractivity contribution in [2.45, 2.75) is 71.6 Å². The van der Waals surface area contributed by atoms with Crippen LogP contribution in [-0.2, 0) is 20.8 Å². The minimum atomic E-state index is -0.955. The standard InChI is InChI=1S/C22H28O6/c1-4-5-6-8-16-11-19(27-14(2)23)21(20(12-16)28-15(3)24)17-9-7-10-18(13-17)22(25)26/h11-13,17H,4-10H2,1-3H3,(H,25,26). The molecule has 6 nitrogen and oxygen atoms in total. The molecule has 1 unspecified atom stereocenters. The number of carbonyl (C=O) groups is 3. The minimum Gasteiger partial charge on any atom is -0.478 e. The second kappa shape index (κ2) is 10.1. The van der Waals surface area contributed by atoms with Crippen LogP contribution in [-0.4, -0.2) is 23.0 Å². The van der Waals surface area contributed by atoms with E-state index in [0.717, 1.165) is 31.2 Å². The first-order chi connectivity index (χ1) is 13.3. The van der Waals surface area contributed by atoms with Crippen molar-refractivity contribution < 1.29 is 29.0 Å². The summed E-state index contributed by atoms with van der Waals surface area (Å²) in [5.41, 5.74) is 1.80. The number of allylic oxidation sites excluding steroid dienone is 1. The van der Waals surface area contributed by atoms with E-state index in [4.69, 9.17) is 9.47 Å². The summed E-state index contributed by atoms with van der Waals surface area (Å²) in [5, 5.41) is 9.36. The molecule has 0 saturated carbocycles. The van der Waals surface area contributed by atoms with Crippen molar-refractivity contribution >= 4 is 17.9 Å². The van der Waals surface area contributed by atoms with Crippen LogP contribution in [0.4, 0.5) is 0 Å². The third-order valence-corrected chi connectivity index (χ3v) is 4.75. The predicted molar refractivity (Wildman–Crippen MR) is 105 cm³/mol. The molecule has 0 aromatic heterocycles. The highest BCUT2D eigenvalue weighted by molar-refractivity contribution is 5.87. The zero-order chi connectivity index (χ0) is 20.7. The Morgan fingerprint density at radius 3 is 2.18 bits per heavy atom. The molecule has 0 bridgehead atoms. The lowest BCUT2D eigenvalue weighted by molar-refractivity contribution is -0.133. The maximum Gasteiger partial charge on any atom is 0.331 e. The van der Waals surface area contributed by atoms with Crippen molar-refractivity contribution in [3.8, 4) is 11.5 Å². The Morgan fingerprint density at radius 1 is 1.07 bits per heavy atom. The summed E-state index contributed by atoms with van der Waals surface area (Å²) in [7, 11) is 0. The third-order valence-electron chi connectivity index (χ3n) is 4.75. The highest BCUT2D eigenvalue weighted by Crippen LogP contribution is 2.43. The number of carbonyl (C=O) groups excluding carboxylic acids is 2. The Morgan fingerprint density at radius 2 is 1.68 bits per heavy atom. The van der Waals surface area contributed by atoms with Crippen LogP contribution in [0.2, 0.25) is 0 Å². The maximum atomic E-state index is 11.7. The van der Waals surface area contributed by atoms with Gasteiger partial charge in [-0.2, -0.15) is 0 Å². The van der Waals surface area contributed by atoms with Crippen LogP contribution in [0.5, 0.6) is 11.5 Å². The van der Waals surface area contributed by atoms with E-state index in [9.17, 15) is 19.5 Å². The molecular weight excluding hydrogens is 360 g/mol. The van der Waals surface area contributed by atoms with E-state index in [1.165, 1.54) is 13.8 Å². The highest BCUT2D eigenvalue weighted by Gasteiger charge is 2.27. The number of carboxylic acids is 1. The van der Waals surface area contributed by atoms with E-state index in [0.29, 0.717) is 41.9 Å². The van der Waals surface area contributed by atoms with Crippen LogP contribution in [0.1, 0.15) is 76.3 Å². The van der Waals surface area contributed by atoms with Gasteiger partial charge in [0.1, 0.15) is 11.5 Å². The summed E-state index contributed by atoms with van der Waals surface area (Å²) in [4.78, 5) is 34.8. The summed E-state index contributed by atoms with van der Waals surface area (Å²) in [6.45, 7) is 4.75. The number of aliphatic carboxylic acids is 1. The summed E-state index contributed by atoms with van der Waals surface area (Å²) in [6, 6.07) is 3.62. The van der Waals surface area contributed by atoms with Crippen molar-refractivity contribution in [2.75, 3.05) is 0 Å². The highest BCUT2D eigenvalue weighted by atomic mass is 16.5. The molecule has 1 aromatic carbocycles. The van der Waals surface area contributed by atoms with E-state index >= 15 is 0 Å². The summed E-state index contributed by atoms with van der Waals surface area (Å²) in [6.07, 6.45) is 7.45. The zero-order valence-electron chi connectivity index (χ0n) is 16.7. The van der Waals surface area contributed by atoms with E-state index in [1.807, 2.05) is 12.1 Å². The minimum absolute atomic E-state index is 0.298. The van der Waals surface area contributed by atoms with Gasteiger partial charge in [-0.1, -0.05) is 25.8 Å². The Kier molecular flexibility index (Phi) is 7.79. The van der Waals surface area contributed by atoms with Gasteiger partial charge in [0, 0.05) is 30.9 Å². The topological polar surface area (TPSA) is 89.9 Å². The van der Waals surface area contributed by atoms with Crippen LogP contribution >= 0.6 is 0 Å². The number of benzene rings is 1. The molecule has 0 heterocycles. The quantitative estimate of drug-likeness (QED) is 0.399. The number of carboxylic acid groups (broad SMARTS) is 1. The molecule has 152 valence electrons. The SMILES string of the molecule is CCCCCc1cc(OC(C)=O)c(C2C=C(C(=O)O)CCC2)c(OC(C)=O)c1. The molecule has 0 aliphatic heterocycles. The molecule has 0 saturated heterocycles. The van der Waals surface area contributed by atoms with Crippen molar-refractivity contribution in [1.29, 1.82) is 0 Å². The van der Waals surface area contributed by atoms with E-state index in [-0.39, 0.29) is 5.92 Å². The number of unbranched alkanes of at least 4 members (excludes halogenated alkanes) is 2. The van der Waals surface area contributed by atoms with Crippen molar-refractivity contribution in [3.63, 3.8) is 0 Å². The van der Waals surface area contributed by atoms with Gasteiger partial charge in [-0.05, 0) is 49.8 Å². The fourth-order valence-corrected chi connectivity index (χ4v) is 3.55. The van der Waals surface area contributed by atoms with Crippen molar-refractivity contribution in [3.05, 3.63) is 34.9 Å². The first-order valence-electron chi connectivity index (χ1n) is 9.79. The van der Waals surface area contributed by atoms with Gasteiger partial charge < -0.3 is 14.6 Å². The summed E-state index contributed by atoms with van der Waals surface area (Å²) >= 11 is 0. The molecule has 0 spiro atoms. The largest absolute Gasteiger partial charge is 0.478 e. The van der Waals surface area contributed by atoms with Crippen molar-refractivity contribution in [1.82, 2.24) is 0 Å². The lowest BCUT2D eigenvalue weighted by atomic mass is 9.84. The van der Waals surface area contributed by atoms with Crippen LogP contribution in [0.3, 0.4) is 0 Å². The normalized spacial score (nSPS) is 16.2. The lowest BCUT2D eigenvalue weighted by Crippen LogP contribution is -2.15. The molecule has 1 aliphatic carbocycles. The number of esters is 2. The van der Waals surface area contributed by atoms with Gasteiger partial charge in [0.15, 0.2) is 0 Å². The first kappa shape index (κ1) is 21.7. The third kappa shape index (κ3) is 5.94. The zero-order valence-corrected chi connectivity index (χ0v) is 16.7. The number of rotatable bonds is 8. The van der Waals surface area contributed by atoms with Gasteiger partial charge in [0.25, 0.3) is 0 Å². The van der Waals surface area contributed by atoms with Gasteiger partial charge in [-0.3, -0.25) is 9.59 Å². The lowest BCUT2D eigenvalue weighted by Gasteiger charge is -2.24. The molecule has 0 fully saturated rings. The van der Waals surface area contributed by atoms with Crippen LogP contribution in [0, 0.1) is 0 Å². The molecule has 1 N–H and O–H groups in total. The summed E-state index contributed by atoms with van der Waals surface area (Å²) < 4.78 is 10.9. The first-order valence-corrected chi connectivity index (χ1v) is 9.79. The van der Waals surface area contributed by atoms with E-state index < -0.39 is 17.9 Å². The van der Waals surface area contributed by atoms with Gasteiger partial charge in [0.2, 0.25) is 0 Å². The average Bonchev–Trinajstić information content (AvgIpc) is 2.61. The molecule has 1 atom stereocenters. The average molecular weight is 388 g/mol. The molecular formula is C22H28O6. The Hall–Kier alpha value is -2.63. The fraction of sp³-hybridized carbons (Fsp3) is 0.500. The molecule has 0 amide bonds. The maximum absolute atomic E-state index is 11.7. The van der Waals surface area contributed by atoms with Crippen molar-refractivity contribution in [2.24, 2.45) is 0 Å². The van der Waals surface area contributed by atoms with Crippen LogP contribution in [0.25, 0.3) is 0 Å². The molecule has 1 aromatic rings. The monoisotopic (exact) mass is 388 g/mol. The number of hydrogen-bond donors (Lipinski definition) is 1. The fourth-order valence-electron chi connectivity index (χ4n) is 3.55. The van der Waals surface area contributed by atoms with Crippen LogP contribution < -0.4 is 9.47 Å². The van der Waals surface area contributed by atoms with Gasteiger partial charge in [-0.25, -0.2) is 4.79 Å². The predicted octanol–water partition coefficient (Wildman–Crippen LogP) is 4.55. The van der Waals surface area contributed by atoms with Gasteiger partial charge >= 0.3 is 17.9 Å². The number of ether oxygens (including phenoxy) is 2. The van der Waals surface area contributed by atoms with Gasteiger partial charge in [-0.15, -0.1) is 0 Å². The molecule has 2 rings (SSSR count).